The lowest BCUT2D eigenvalue weighted by atomic mass is 10.0. The molecule has 2 aromatic carbocycles. The predicted molar refractivity (Wildman–Crippen MR) is 82.4 cm³/mol. The van der Waals surface area contributed by atoms with Crippen LogP contribution in [0.25, 0.3) is 11.4 Å². The molecule has 2 aromatic rings. The lowest BCUT2D eigenvalue weighted by Gasteiger charge is -2.18. The third kappa shape index (κ3) is 2.71. The van der Waals surface area contributed by atoms with Crippen molar-refractivity contribution in [3.63, 3.8) is 0 Å². The quantitative estimate of drug-likeness (QED) is 0.826. The van der Waals surface area contributed by atoms with E-state index >= 15 is 0 Å². The van der Waals surface area contributed by atoms with Crippen LogP contribution in [0.4, 0.5) is 5.69 Å². The molecule has 0 bridgehead atoms. The number of anilines is 1. The van der Waals surface area contributed by atoms with Crippen LogP contribution >= 0.6 is 0 Å². The second kappa shape index (κ2) is 5.48. The molecule has 0 saturated carbocycles. The Morgan fingerprint density at radius 1 is 0.789 bits per heavy atom. The number of nitrogens with zero attached hydrogens (tertiary/aromatic N) is 1. The Hall–Kier alpha value is -2.42. The Morgan fingerprint density at radius 2 is 1.37 bits per heavy atom. The van der Waals surface area contributed by atoms with E-state index in [0.717, 1.165) is 16.8 Å². The van der Waals surface area contributed by atoms with Crippen molar-refractivity contribution in [2.24, 2.45) is 11.5 Å². The minimum Gasteiger partial charge on any atom is -0.397 e. The molecular formula is C16H19N3. The van der Waals surface area contributed by atoms with Crippen LogP contribution in [0.3, 0.4) is 0 Å². The molecule has 2 rings (SSSR count). The van der Waals surface area contributed by atoms with Gasteiger partial charge in [-0.3, -0.25) is 0 Å². The topological polar surface area (TPSA) is 55.3 Å². The molecule has 0 aliphatic rings. The second-order valence-corrected chi connectivity index (χ2v) is 4.60. The summed E-state index contributed by atoms with van der Waals surface area (Å²) >= 11 is 0. The molecule has 0 radical (unpaired) electrons. The smallest absolute Gasteiger partial charge is 0.0648 e. The molecule has 0 unspecified atom stereocenters. The average Bonchev–Trinajstić information content (AvgIpc) is 2.46. The van der Waals surface area contributed by atoms with Crippen LogP contribution in [0.1, 0.15) is 11.1 Å². The number of hydrogen-bond donors (Lipinski definition) is 2. The van der Waals surface area contributed by atoms with Crippen molar-refractivity contribution in [2.45, 2.75) is 0 Å². The van der Waals surface area contributed by atoms with Gasteiger partial charge in [0.1, 0.15) is 0 Å². The van der Waals surface area contributed by atoms with Crippen LogP contribution < -0.4 is 16.4 Å². The van der Waals surface area contributed by atoms with E-state index in [-0.39, 0.29) is 0 Å². The van der Waals surface area contributed by atoms with E-state index in [0.29, 0.717) is 11.4 Å². The van der Waals surface area contributed by atoms with Crippen molar-refractivity contribution < 1.29 is 0 Å². The van der Waals surface area contributed by atoms with Gasteiger partial charge in [0, 0.05) is 25.3 Å². The Labute approximate surface area is 114 Å². The highest BCUT2D eigenvalue weighted by atomic mass is 15.1. The van der Waals surface area contributed by atoms with E-state index in [1.54, 1.807) is 0 Å². The van der Waals surface area contributed by atoms with Gasteiger partial charge in [-0.05, 0) is 11.6 Å². The van der Waals surface area contributed by atoms with E-state index in [9.17, 15) is 0 Å². The summed E-state index contributed by atoms with van der Waals surface area (Å²) in [5, 5.41) is 0. The summed E-state index contributed by atoms with van der Waals surface area (Å²) in [5.74, 6) is 0. The van der Waals surface area contributed by atoms with E-state index in [2.05, 4.69) is 0 Å². The lowest BCUT2D eigenvalue weighted by Crippen LogP contribution is -2.14. The van der Waals surface area contributed by atoms with Crippen molar-refractivity contribution >= 4 is 17.1 Å². The molecule has 98 valence electrons. The van der Waals surface area contributed by atoms with Gasteiger partial charge in [0.25, 0.3) is 0 Å². The standard InChI is InChI=1S/C16H19N3/c1-19(2)14-11-7-6-10-13(14)16(18)15(17)12-8-4-3-5-9-12/h3-11H,17-18H2,1-2H3. The first-order valence-electron chi connectivity index (χ1n) is 6.18. The molecule has 3 heteroatoms. The van der Waals surface area contributed by atoms with Gasteiger partial charge < -0.3 is 16.4 Å². The van der Waals surface area contributed by atoms with E-state index in [1.807, 2.05) is 73.6 Å². The van der Waals surface area contributed by atoms with Gasteiger partial charge in [-0.15, -0.1) is 0 Å². The molecule has 0 fully saturated rings. The lowest BCUT2D eigenvalue weighted by molar-refractivity contribution is 1.12. The zero-order valence-corrected chi connectivity index (χ0v) is 11.3. The summed E-state index contributed by atoms with van der Waals surface area (Å²) in [6.45, 7) is 0. The molecule has 0 atom stereocenters. The van der Waals surface area contributed by atoms with Gasteiger partial charge in [0.2, 0.25) is 0 Å². The highest BCUT2D eigenvalue weighted by Gasteiger charge is 2.10. The summed E-state index contributed by atoms with van der Waals surface area (Å²) in [6, 6.07) is 17.8. The zero-order chi connectivity index (χ0) is 13.8. The van der Waals surface area contributed by atoms with Crippen LogP contribution in [0.2, 0.25) is 0 Å². The molecule has 4 N–H and O–H groups in total. The van der Waals surface area contributed by atoms with Crippen LogP contribution in [-0.4, -0.2) is 14.1 Å². The SMILES string of the molecule is CN(C)c1ccccc1C(N)=C(N)c1ccccc1. The monoisotopic (exact) mass is 253 g/mol. The predicted octanol–water partition coefficient (Wildman–Crippen LogP) is 2.50. The van der Waals surface area contributed by atoms with Crippen molar-refractivity contribution in [2.75, 3.05) is 19.0 Å². The Balaban J connectivity index is 2.53. The van der Waals surface area contributed by atoms with Crippen LogP contribution in [-0.2, 0) is 0 Å². The number of rotatable bonds is 3. The Kier molecular flexibility index (Phi) is 3.76. The maximum Gasteiger partial charge on any atom is 0.0648 e. The molecule has 19 heavy (non-hydrogen) atoms. The first kappa shape index (κ1) is 13.0. The van der Waals surface area contributed by atoms with Gasteiger partial charge in [-0.2, -0.15) is 0 Å². The van der Waals surface area contributed by atoms with Gasteiger partial charge >= 0.3 is 0 Å². The minimum absolute atomic E-state index is 0.606. The van der Waals surface area contributed by atoms with Gasteiger partial charge in [0.15, 0.2) is 0 Å². The average molecular weight is 253 g/mol. The minimum atomic E-state index is 0.606. The molecule has 0 aliphatic heterocycles. The molecule has 0 heterocycles. The van der Waals surface area contributed by atoms with Crippen LogP contribution in [0, 0.1) is 0 Å². The first-order chi connectivity index (χ1) is 9.11. The van der Waals surface area contributed by atoms with Gasteiger partial charge in [-0.1, -0.05) is 48.5 Å². The van der Waals surface area contributed by atoms with Crippen molar-refractivity contribution in [1.29, 1.82) is 0 Å². The molecule has 3 nitrogen and oxygen atoms in total. The maximum absolute atomic E-state index is 6.24. The highest BCUT2D eigenvalue weighted by Crippen LogP contribution is 2.26. The summed E-state index contributed by atoms with van der Waals surface area (Å²) in [6.07, 6.45) is 0. The maximum atomic E-state index is 6.24. The summed E-state index contributed by atoms with van der Waals surface area (Å²) in [5.41, 5.74) is 16.6. The van der Waals surface area contributed by atoms with Crippen molar-refractivity contribution in [1.82, 2.24) is 0 Å². The normalized spacial score (nSPS) is 11.9. The van der Waals surface area contributed by atoms with E-state index in [1.165, 1.54) is 0 Å². The Morgan fingerprint density at radius 3 is 2.00 bits per heavy atom. The van der Waals surface area contributed by atoms with Gasteiger partial charge in [-0.25, -0.2) is 0 Å². The summed E-state index contributed by atoms with van der Waals surface area (Å²) < 4.78 is 0. The number of hydrogen-bond acceptors (Lipinski definition) is 3. The molecule has 0 aliphatic carbocycles. The fourth-order valence-corrected chi connectivity index (χ4v) is 2.01. The fraction of sp³-hybridized carbons (Fsp3) is 0.125. The molecule has 0 saturated heterocycles. The van der Waals surface area contributed by atoms with E-state index in [4.69, 9.17) is 11.5 Å². The van der Waals surface area contributed by atoms with Crippen LogP contribution in [0.5, 0.6) is 0 Å². The third-order valence-electron chi connectivity index (χ3n) is 3.05. The molecule has 0 aromatic heterocycles. The fourth-order valence-electron chi connectivity index (χ4n) is 2.01. The Bertz CT molecular complexity index is 586. The zero-order valence-electron chi connectivity index (χ0n) is 11.3. The van der Waals surface area contributed by atoms with Crippen molar-refractivity contribution in [3.05, 3.63) is 65.7 Å². The van der Waals surface area contributed by atoms with Crippen LogP contribution in [0.15, 0.2) is 54.6 Å². The second-order valence-electron chi connectivity index (χ2n) is 4.60. The summed E-state index contributed by atoms with van der Waals surface area (Å²) in [4.78, 5) is 2.03. The van der Waals surface area contributed by atoms with E-state index < -0.39 is 0 Å². The number of para-hydroxylation sites is 1. The largest absolute Gasteiger partial charge is 0.397 e. The summed E-state index contributed by atoms with van der Waals surface area (Å²) in [7, 11) is 3.98. The van der Waals surface area contributed by atoms with Gasteiger partial charge in [0.05, 0.1) is 11.4 Å². The molecule has 0 amide bonds. The first-order valence-corrected chi connectivity index (χ1v) is 6.18. The number of benzene rings is 2. The highest BCUT2D eigenvalue weighted by molar-refractivity contribution is 5.91. The third-order valence-corrected chi connectivity index (χ3v) is 3.05. The van der Waals surface area contributed by atoms with Crippen molar-refractivity contribution in [3.8, 4) is 0 Å². The molecule has 0 spiro atoms. The number of nitrogens with two attached hydrogens (primary N) is 2. The molecular weight excluding hydrogens is 234 g/mol.